The van der Waals surface area contributed by atoms with Gasteiger partial charge in [-0.25, -0.2) is 9.59 Å². The second-order valence-electron chi connectivity index (χ2n) is 9.53. The smallest absolute Gasteiger partial charge is 0.407 e. The lowest BCUT2D eigenvalue weighted by Gasteiger charge is -2.19. The van der Waals surface area contributed by atoms with Crippen LogP contribution >= 0.6 is 0 Å². The second-order valence-corrected chi connectivity index (χ2v) is 9.53. The molecule has 0 fully saturated rings. The molecule has 0 aliphatic carbocycles. The molecule has 0 saturated carbocycles. The fraction of sp³-hybridized carbons (Fsp3) is 0.917. The quantitative estimate of drug-likeness (QED) is 0.215. The minimum Gasteiger partial charge on any atom is -0.444 e. The summed E-state index contributed by atoms with van der Waals surface area (Å²) >= 11 is 0. The minimum atomic E-state index is -0.510. The number of rotatable bonds is 21. The van der Waals surface area contributed by atoms with E-state index in [0.717, 1.165) is 0 Å². The summed E-state index contributed by atoms with van der Waals surface area (Å²) in [5, 5.41) is 5.24. The van der Waals surface area contributed by atoms with Gasteiger partial charge in [-0.15, -0.1) is 0 Å². The molecule has 36 heavy (non-hydrogen) atoms. The zero-order valence-corrected chi connectivity index (χ0v) is 23.0. The van der Waals surface area contributed by atoms with E-state index in [0.29, 0.717) is 92.4 Å². The summed E-state index contributed by atoms with van der Waals surface area (Å²) < 4.78 is 42.6. The Morgan fingerprint density at radius 3 is 0.889 bits per heavy atom. The first-order valence-corrected chi connectivity index (χ1v) is 12.4. The first-order chi connectivity index (χ1) is 17.0. The third-order valence-electron chi connectivity index (χ3n) is 3.69. The molecule has 0 radical (unpaired) electrons. The van der Waals surface area contributed by atoms with Crippen molar-refractivity contribution in [3.05, 3.63) is 0 Å². The molecular weight excluding hydrogens is 476 g/mol. The summed E-state index contributed by atoms with van der Waals surface area (Å²) in [6, 6.07) is 0. The van der Waals surface area contributed by atoms with Gasteiger partial charge in [-0.05, 0) is 41.5 Å². The summed E-state index contributed by atoms with van der Waals surface area (Å²) in [5.41, 5.74) is -1.02. The van der Waals surface area contributed by atoms with Gasteiger partial charge in [-0.1, -0.05) is 0 Å². The van der Waals surface area contributed by atoms with E-state index in [2.05, 4.69) is 10.6 Å². The molecule has 0 aliphatic rings. The van der Waals surface area contributed by atoms with E-state index in [1.807, 2.05) is 41.5 Å². The van der Waals surface area contributed by atoms with Gasteiger partial charge < -0.3 is 48.5 Å². The van der Waals surface area contributed by atoms with E-state index in [1.54, 1.807) is 0 Å². The van der Waals surface area contributed by atoms with Crippen LogP contribution in [-0.4, -0.2) is 116 Å². The Balaban J connectivity index is 3.19. The number of nitrogens with one attached hydrogen (secondary N) is 2. The lowest BCUT2D eigenvalue weighted by atomic mass is 10.2. The fourth-order valence-electron chi connectivity index (χ4n) is 2.28. The van der Waals surface area contributed by atoms with Crippen molar-refractivity contribution in [2.45, 2.75) is 52.7 Å². The number of amides is 2. The molecule has 0 rings (SSSR count). The number of carbonyl (C=O) groups is 2. The van der Waals surface area contributed by atoms with E-state index >= 15 is 0 Å². The highest BCUT2D eigenvalue weighted by Gasteiger charge is 2.16. The van der Waals surface area contributed by atoms with Crippen LogP contribution in [0.2, 0.25) is 0 Å². The lowest BCUT2D eigenvalue weighted by molar-refractivity contribution is -0.0166. The Kier molecular flexibility index (Phi) is 20.4. The third kappa shape index (κ3) is 28.5. The van der Waals surface area contributed by atoms with Crippen molar-refractivity contribution in [3.8, 4) is 0 Å². The normalized spacial score (nSPS) is 11.8. The average molecular weight is 525 g/mol. The number of ether oxygens (including phenoxy) is 8. The van der Waals surface area contributed by atoms with Crippen molar-refractivity contribution in [1.82, 2.24) is 10.6 Å². The predicted octanol–water partition coefficient (Wildman–Crippen LogP) is 2.14. The van der Waals surface area contributed by atoms with Crippen LogP contribution in [-0.2, 0) is 37.9 Å². The highest BCUT2D eigenvalue weighted by Crippen LogP contribution is 2.06. The van der Waals surface area contributed by atoms with E-state index in [9.17, 15) is 9.59 Å². The number of hydrogen-bond acceptors (Lipinski definition) is 10. The van der Waals surface area contributed by atoms with Gasteiger partial charge in [0.15, 0.2) is 0 Å². The van der Waals surface area contributed by atoms with Crippen molar-refractivity contribution in [3.63, 3.8) is 0 Å². The first-order valence-electron chi connectivity index (χ1n) is 12.4. The molecule has 0 bridgehead atoms. The summed E-state index contributed by atoms with van der Waals surface area (Å²) in [6.07, 6.45) is -0.910. The second kappa shape index (κ2) is 21.4. The molecule has 0 aromatic rings. The van der Waals surface area contributed by atoms with E-state index < -0.39 is 23.4 Å². The maximum absolute atomic E-state index is 11.4. The van der Waals surface area contributed by atoms with Gasteiger partial charge in [0.2, 0.25) is 0 Å². The van der Waals surface area contributed by atoms with E-state index in [4.69, 9.17) is 37.9 Å². The van der Waals surface area contributed by atoms with Crippen LogP contribution in [0.15, 0.2) is 0 Å². The van der Waals surface area contributed by atoms with Crippen LogP contribution in [0.5, 0.6) is 0 Å². The van der Waals surface area contributed by atoms with Crippen molar-refractivity contribution in [2.75, 3.05) is 92.4 Å². The SMILES string of the molecule is CC(C)(C)OC(=O)NCCOCCOCCOCCOCCOCCOCCNC(=O)OC(C)(C)C. The maximum atomic E-state index is 11.4. The average Bonchev–Trinajstić information content (AvgIpc) is 2.74. The Bertz CT molecular complexity index is 502. The Morgan fingerprint density at radius 2 is 0.667 bits per heavy atom. The molecule has 2 N–H and O–H groups in total. The minimum absolute atomic E-state index is 0.381. The predicted molar refractivity (Wildman–Crippen MR) is 133 cm³/mol. The molecule has 0 saturated heterocycles. The van der Waals surface area contributed by atoms with Crippen LogP contribution in [0.3, 0.4) is 0 Å². The third-order valence-corrected chi connectivity index (χ3v) is 3.69. The van der Waals surface area contributed by atoms with Crippen LogP contribution < -0.4 is 10.6 Å². The largest absolute Gasteiger partial charge is 0.444 e. The van der Waals surface area contributed by atoms with Crippen LogP contribution in [0.25, 0.3) is 0 Å². The van der Waals surface area contributed by atoms with E-state index in [-0.39, 0.29) is 0 Å². The maximum Gasteiger partial charge on any atom is 0.407 e. The molecule has 0 atom stereocenters. The van der Waals surface area contributed by atoms with Gasteiger partial charge in [-0.3, -0.25) is 0 Å². The molecule has 0 aliphatic heterocycles. The highest BCUT2D eigenvalue weighted by molar-refractivity contribution is 5.67. The topological polar surface area (TPSA) is 132 Å². The zero-order chi connectivity index (χ0) is 27.1. The Hall–Kier alpha value is -1.70. The van der Waals surface area contributed by atoms with E-state index in [1.165, 1.54) is 0 Å². The molecule has 0 unspecified atom stereocenters. The van der Waals surface area contributed by atoms with Gasteiger partial charge in [0, 0.05) is 13.1 Å². The fourth-order valence-corrected chi connectivity index (χ4v) is 2.28. The monoisotopic (exact) mass is 524 g/mol. The number of hydrogen-bond donors (Lipinski definition) is 2. The highest BCUT2D eigenvalue weighted by atomic mass is 16.6. The van der Waals surface area contributed by atoms with Crippen molar-refractivity contribution in [2.24, 2.45) is 0 Å². The standard InChI is InChI=1S/C24H48N2O10/c1-23(2,3)35-21(27)25-7-9-29-11-13-31-15-17-33-19-20-34-18-16-32-14-12-30-10-8-26-22(28)36-24(4,5)6/h7-20H2,1-6H3,(H,25,27)(H,26,28). The van der Waals surface area contributed by atoms with Gasteiger partial charge in [0.05, 0.1) is 79.3 Å². The van der Waals surface area contributed by atoms with Gasteiger partial charge in [0.1, 0.15) is 11.2 Å². The van der Waals surface area contributed by atoms with Crippen molar-refractivity contribution < 1.29 is 47.5 Å². The molecule has 2 amide bonds. The number of carbonyl (C=O) groups excluding carboxylic acids is 2. The van der Waals surface area contributed by atoms with Gasteiger partial charge >= 0.3 is 12.2 Å². The van der Waals surface area contributed by atoms with Crippen LogP contribution in [0.4, 0.5) is 9.59 Å². The Labute approximate surface area is 215 Å². The summed E-state index contributed by atoms with van der Waals surface area (Å²) in [5.74, 6) is 0. The first kappa shape index (κ1) is 34.3. The molecule has 12 heteroatoms. The Morgan fingerprint density at radius 1 is 0.444 bits per heavy atom. The molecule has 0 aromatic heterocycles. The summed E-state index contributed by atoms with van der Waals surface area (Å²) in [6.45, 7) is 17.0. The molecule has 214 valence electrons. The van der Waals surface area contributed by atoms with Crippen LogP contribution in [0, 0.1) is 0 Å². The molecular formula is C24H48N2O10. The molecule has 0 spiro atoms. The summed E-state index contributed by atoms with van der Waals surface area (Å²) in [4.78, 5) is 22.9. The van der Waals surface area contributed by atoms with Gasteiger partial charge in [0.25, 0.3) is 0 Å². The van der Waals surface area contributed by atoms with Crippen molar-refractivity contribution in [1.29, 1.82) is 0 Å². The van der Waals surface area contributed by atoms with Crippen LogP contribution in [0.1, 0.15) is 41.5 Å². The summed E-state index contributed by atoms with van der Waals surface area (Å²) in [7, 11) is 0. The van der Waals surface area contributed by atoms with Gasteiger partial charge in [-0.2, -0.15) is 0 Å². The molecule has 12 nitrogen and oxygen atoms in total. The van der Waals surface area contributed by atoms with Crippen molar-refractivity contribution >= 4 is 12.2 Å². The zero-order valence-electron chi connectivity index (χ0n) is 23.0. The number of alkyl carbamates (subject to hydrolysis) is 2. The molecule has 0 aromatic carbocycles. The molecule has 0 heterocycles. The lowest BCUT2D eigenvalue weighted by Crippen LogP contribution is -2.34.